The molecule has 0 aliphatic heterocycles. The molecule has 3 atom stereocenters. The molecule has 2 aliphatic rings. The molecule has 0 spiro atoms. The zero-order chi connectivity index (χ0) is 24.6. The number of aliphatic carboxylic acids is 1. The van der Waals surface area contributed by atoms with E-state index in [0.717, 1.165) is 0 Å². The average molecular weight is 488 g/mol. The Morgan fingerprint density at radius 1 is 0.400 bits per heavy atom. The Hall–Kier alpha value is -1.72. The smallest absolute Gasteiger partial charge is 0.382 e. The van der Waals surface area contributed by atoms with Crippen molar-refractivity contribution in [2.45, 2.75) is 58.5 Å². The molecule has 2 aliphatic carbocycles. The van der Waals surface area contributed by atoms with Gasteiger partial charge in [-0.1, -0.05) is 0 Å². The predicted molar refractivity (Wildman–Crippen MR) is 53.8 cm³/mol. The third-order valence-corrected chi connectivity index (χ3v) is 4.94. The molecule has 0 aromatic carbocycles. The van der Waals surface area contributed by atoms with Crippen LogP contribution in [0.2, 0.25) is 0 Å². The predicted octanol–water partition coefficient (Wildman–Crippen LogP) is 4.67. The second kappa shape index (κ2) is 5.02. The maximum atomic E-state index is 14.5. The largest absolute Gasteiger partial charge is 0.479 e. The summed E-state index contributed by atoms with van der Waals surface area (Å²) in [5.74, 6) is -63.4. The van der Waals surface area contributed by atoms with Gasteiger partial charge in [-0.25, -0.2) is 18.0 Å². The maximum absolute atomic E-state index is 14.5. The van der Waals surface area contributed by atoms with E-state index < -0.39 is 64.4 Å². The standard InChI is InChI=1S/C11HF17O2/c12-2(1(29)30)5(15,16)3(13)4(14,7(19,20)6(2,17)18)9(23,24)11(27,28)10(25,26)8(3,21)22/h(H,29,30)/t2-,3+,4+/m1/s1. The highest BCUT2D eigenvalue weighted by Gasteiger charge is 3.15. The summed E-state index contributed by atoms with van der Waals surface area (Å²) in [6, 6.07) is 0. The second-order valence-corrected chi connectivity index (χ2v) is 6.30. The molecule has 0 heterocycles. The van der Waals surface area contributed by atoms with E-state index in [1.165, 1.54) is 0 Å². The molecule has 0 radical (unpaired) electrons. The fourth-order valence-corrected chi connectivity index (χ4v) is 3.22. The lowest BCUT2D eigenvalue weighted by molar-refractivity contribution is -0.546. The first-order valence-electron chi connectivity index (χ1n) is 6.64. The van der Waals surface area contributed by atoms with E-state index in [1.807, 2.05) is 0 Å². The van der Waals surface area contributed by atoms with Crippen LogP contribution in [0.5, 0.6) is 0 Å². The number of hydrogen-bond acceptors (Lipinski definition) is 1. The number of rotatable bonds is 1. The number of carboxylic acids is 1. The third-order valence-electron chi connectivity index (χ3n) is 4.94. The topological polar surface area (TPSA) is 37.3 Å². The van der Waals surface area contributed by atoms with Gasteiger partial charge in [0.05, 0.1) is 0 Å². The van der Waals surface area contributed by atoms with Crippen molar-refractivity contribution in [1.29, 1.82) is 0 Å². The Kier molecular flexibility index (Phi) is 4.11. The van der Waals surface area contributed by atoms with Gasteiger partial charge in [-0.05, 0) is 0 Å². The molecule has 176 valence electrons. The maximum Gasteiger partial charge on any atom is 0.382 e. The molecule has 0 bridgehead atoms. The Balaban J connectivity index is 3.29. The van der Waals surface area contributed by atoms with Crippen molar-refractivity contribution in [3.8, 4) is 0 Å². The first-order chi connectivity index (χ1) is 12.7. The van der Waals surface area contributed by atoms with Gasteiger partial charge in [0.15, 0.2) is 0 Å². The van der Waals surface area contributed by atoms with Crippen molar-refractivity contribution in [2.24, 2.45) is 0 Å². The molecule has 0 unspecified atom stereocenters. The number of alkyl halides is 17. The fraction of sp³-hybridized carbons (Fsp3) is 0.909. The Morgan fingerprint density at radius 2 is 0.633 bits per heavy atom. The molecule has 0 amide bonds. The van der Waals surface area contributed by atoms with Gasteiger partial charge in [0.2, 0.25) is 0 Å². The van der Waals surface area contributed by atoms with Crippen molar-refractivity contribution in [2.75, 3.05) is 0 Å². The molecule has 2 rings (SSSR count). The van der Waals surface area contributed by atoms with Crippen LogP contribution in [0.1, 0.15) is 0 Å². The highest BCUT2D eigenvalue weighted by Crippen LogP contribution is 2.80. The lowest BCUT2D eigenvalue weighted by Crippen LogP contribution is -2.99. The summed E-state index contributed by atoms with van der Waals surface area (Å²) in [5, 5.41) is 8.10. The Bertz CT molecular complexity index is 804. The SMILES string of the molecule is O=C(O)[C@]1(F)C(F)(F)C(F)(F)[C@]2(F)C(F)(F)C(F)(F)C(F)(F)C(F)(F)[C@@]2(F)C1(F)F. The van der Waals surface area contributed by atoms with Crippen LogP contribution in [0, 0.1) is 0 Å². The van der Waals surface area contributed by atoms with Crippen molar-refractivity contribution < 1.29 is 84.5 Å². The van der Waals surface area contributed by atoms with E-state index in [2.05, 4.69) is 0 Å². The summed E-state index contributed by atoms with van der Waals surface area (Å²) in [4.78, 5) is 10.5. The molecule has 30 heavy (non-hydrogen) atoms. The van der Waals surface area contributed by atoms with Gasteiger partial charge in [-0.15, -0.1) is 0 Å². The number of halogens is 17. The van der Waals surface area contributed by atoms with E-state index in [1.54, 1.807) is 0 Å². The second-order valence-electron chi connectivity index (χ2n) is 6.30. The van der Waals surface area contributed by atoms with E-state index in [0.29, 0.717) is 0 Å². The molecule has 0 aromatic rings. The van der Waals surface area contributed by atoms with Gasteiger partial charge in [0.1, 0.15) is 0 Å². The monoisotopic (exact) mass is 488 g/mol. The van der Waals surface area contributed by atoms with Crippen LogP contribution in [0.4, 0.5) is 74.6 Å². The Labute approximate surface area is 150 Å². The van der Waals surface area contributed by atoms with Crippen LogP contribution in [0.25, 0.3) is 0 Å². The summed E-state index contributed by atoms with van der Waals surface area (Å²) < 4.78 is 233. The first kappa shape index (κ1) is 24.5. The first-order valence-corrected chi connectivity index (χ1v) is 6.64. The van der Waals surface area contributed by atoms with Crippen LogP contribution in [-0.2, 0) is 4.79 Å². The van der Waals surface area contributed by atoms with Crippen LogP contribution in [0.3, 0.4) is 0 Å². The quantitative estimate of drug-likeness (QED) is 0.546. The van der Waals surface area contributed by atoms with Gasteiger partial charge in [0.25, 0.3) is 11.3 Å². The number of carbonyl (C=O) groups is 1. The zero-order valence-corrected chi connectivity index (χ0v) is 12.8. The molecule has 0 saturated heterocycles. The van der Waals surface area contributed by atoms with Crippen molar-refractivity contribution in [1.82, 2.24) is 0 Å². The van der Waals surface area contributed by atoms with Crippen molar-refractivity contribution >= 4 is 5.97 Å². The number of hydrogen-bond donors (Lipinski definition) is 1. The number of fused-ring (bicyclic) bond motifs is 1. The summed E-state index contributed by atoms with van der Waals surface area (Å²) in [7, 11) is 0. The summed E-state index contributed by atoms with van der Waals surface area (Å²) in [6.07, 6.45) is 0. The van der Waals surface area contributed by atoms with E-state index in [9.17, 15) is 79.4 Å². The molecular weight excluding hydrogens is 487 g/mol. The van der Waals surface area contributed by atoms with Crippen molar-refractivity contribution in [3.63, 3.8) is 0 Å². The molecule has 0 aromatic heterocycles. The van der Waals surface area contributed by atoms with Crippen LogP contribution >= 0.6 is 0 Å². The van der Waals surface area contributed by atoms with E-state index in [4.69, 9.17) is 5.11 Å². The summed E-state index contributed by atoms with van der Waals surface area (Å²) in [5.41, 5.74) is -25.2. The van der Waals surface area contributed by atoms with Gasteiger partial charge in [-0.3, -0.25) is 0 Å². The van der Waals surface area contributed by atoms with Crippen LogP contribution in [-0.4, -0.2) is 69.5 Å². The lowest BCUT2D eigenvalue weighted by Gasteiger charge is -2.63. The minimum absolute atomic E-state index is 4.73. The minimum Gasteiger partial charge on any atom is -0.479 e. The van der Waals surface area contributed by atoms with E-state index >= 15 is 0 Å². The molecule has 2 nitrogen and oxygen atoms in total. The lowest BCUT2D eigenvalue weighted by atomic mass is 9.52. The highest BCUT2D eigenvalue weighted by molar-refractivity contribution is 5.82. The van der Waals surface area contributed by atoms with Crippen molar-refractivity contribution in [3.05, 3.63) is 0 Å². The Morgan fingerprint density at radius 3 is 0.900 bits per heavy atom. The normalized spacial score (nSPS) is 44.0. The van der Waals surface area contributed by atoms with Crippen LogP contribution < -0.4 is 0 Å². The highest BCUT2D eigenvalue weighted by atomic mass is 19.4. The average Bonchev–Trinajstić information content (AvgIpc) is 2.55. The van der Waals surface area contributed by atoms with Gasteiger partial charge >= 0.3 is 53.1 Å². The molecule has 19 heteroatoms. The van der Waals surface area contributed by atoms with E-state index in [-0.39, 0.29) is 0 Å². The molecule has 2 saturated carbocycles. The molecule has 1 N–H and O–H groups in total. The van der Waals surface area contributed by atoms with Gasteiger partial charge in [-0.2, -0.15) is 61.5 Å². The summed E-state index contributed by atoms with van der Waals surface area (Å²) in [6.45, 7) is 0. The zero-order valence-electron chi connectivity index (χ0n) is 12.8. The molecular formula is C11HF17O2. The molecule has 2 fully saturated rings. The summed E-state index contributed by atoms with van der Waals surface area (Å²) >= 11 is 0. The van der Waals surface area contributed by atoms with Gasteiger partial charge < -0.3 is 5.11 Å². The third kappa shape index (κ3) is 1.57. The van der Waals surface area contributed by atoms with Gasteiger partial charge in [0, 0.05) is 0 Å². The fourth-order valence-electron chi connectivity index (χ4n) is 3.22. The number of carboxylic acid groups (broad SMARTS) is 1. The van der Waals surface area contributed by atoms with Crippen LogP contribution in [0.15, 0.2) is 0 Å². The minimum atomic E-state index is -8.68.